The summed E-state index contributed by atoms with van der Waals surface area (Å²) in [5.74, 6) is -0.656. The Bertz CT molecular complexity index is 1040. The van der Waals surface area contributed by atoms with Crippen LogP contribution in [-0.4, -0.2) is 15.9 Å². The first-order chi connectivity index (χ1) is 11.6. The summed E-state index contributed by atoms with van der Waals surface area (Å²) in [6.45, 7) is 1.87. The molecule has 1 amide bonds. The summed E-state index contributed by atoms with van der Waals surface area (Å²) in [5.41, 5.74) is 2.55. The highest BCUT2D eigenvalue weighted by molar-refractivity contribution is 6.10. The second-order valence-corrected chi connectivity index (χ2v) is 5.69. The zero-order chi connectivity index (χ0) is 16.7. The number of aryl methyl sites for hydroxylation is 1. The highest BCUT2D eigenvalue weighted by atomic mass is 19.1. The number of aromatic amines is 1. The van der Waals surface area contributed by atoms with Crippen LogP contribution < -0.4 is 5.32 Å². The third-order valence-corrected chi connectivity index (χ3v) is 4.12. The smallest absolute Gasteiger partial charge is 0.272 e. The number of hydrogen-bond donors (Lipinski definition) is 2. The predicted octanol–water partition coefficient (Wildman–Crippen LogP) is 4.42. The van der Waals surface area contributed by atoms with Crippen LogP contribution in [-0.2, 0) is 0 Å². The summed E-state index contributed by atoms with van der Waals surface area (Å²) in [6.07, 6.45) is 3.42. The summed E-state index contributed by atoms with van der Waals surface area (Å²) in [7, 11) is 0. The molecule has 0 spiro atoms. The minimum absolute atomic E-state index is 0.311. The number of pyridine rings is 1. The van der Waals surface area contributed by atoms with E-state index in [2.05, 4.69) is 15.3 Å². The van der Waals surface area contributed by atoms with Crippen LogP contribution in [0.5, 0.6) is 0 Å². The van der Waals surface area contributed by atoms with Crippen LogP contribution in [0.1, 0.15) is 16.1 Å². The van der Waals surface area contributed by atoms with E-state index < -0.39 is 0 Å². The average molecular weight is 319 g/mol. The molecule has 0 aliphatic heterocycles. The van der Waals surface area contributed by atoms with Gasteiger partial charge in [-0.15, -0.1) is 0 Å². The SMILES string of the molecule is Cc1ccc(F)c2cc(C(=O)Nc3cccc4cnccc34)[nH]c12. The fourth-order valence-corrected chi connectivity index (χ4v) is 2.87. The molecule has 2 aromatic heterocycles. The Morgan fingerprint density at radius 3 is 2.88 bits per heavy atom. The maximum atomic E-state index is 13.9. The molecule has 118 valence electrons. The van der Waals surface area contributed by atoms with Crippen molar-refractivity contribution in [3.8, 4) is 0 Å². The number of rotatable bonds is 2. The molecule has 2 N–H and O–H groups in total. The molecule has 0 saturated carbocycles. The lowest BCUT2D eigenvalue weighted by Gasteiger charge is -2.07. The average Bonchev–Trinajstić information content (AvgIpc) is 3.05. The van der Waals surface area contributed by atoms with Crippen molar-refractivity contribution in [2.75, 3.05) is 5.32 Å². The molecule has 2 heterocycles. The third kappa shape index (κ3) is 2.31. The topological polar surface area (TPSA) is 57.8 Å². The number of amides is 1. The van der Waals surface area contributed by atoms with Gasteiger partial charge in [0.1, 0.15) is 11.5 Å². The number of nitrogens with zero attached hydrogens (tertiary/aromatic N) is 1. The molecule has 4 nitrogen and oxygen atoms in total. The molecule has 0 bridgehead atoms. The minimum Gasteiger partial charge on any atom is -0.350 e. The standard InChI is InChI=1S/C19H14FN3O/c1-11-5-6-15(20)14-9-17(22-18(11)14)19(24)23-16-4-2-3-12-10-21-8-7-13(12)16/h2-10,22H,1H3,(H,23,24). The van der Waals surface area contributed by atoms with E-state index in [0.29, 0.717) is 22.3 Å². The van der Waals surface area contributed by atoms with E-state index in [1.807, 2.05) is 31.2 Å². The number of fused-ring (bicyclic) bond motifs is 2. The molecule has 24 heavy (non-hydrogen) atoms. The highest BCUT2D eigenvalue weighted by Gasteiger charge is 2.14. The summed E-state index contributed by atoms with van der Waals surface area (Å²) >= 11 is 0. The fourth-order valence-electron chi connectivity index (χ4n) is 2.87. The van der Waals surface area contributed by atoms with Crippen molar-refractivity contribution in [2.45, 2.75) is 6.92 Å². The van der Waals surface area contributed by atoms with E-state index in [4.69, 9.17) is 0 Å². The van der Waals surface area contributed by atoms with Gasteiger partial charge in [-0.3, -0.25) is 9.78 Å². The van der Waals surface area contributed by atoms with Crippen LogP contribution in [0.3, 0.4) is 0 Å². The van der Waals surface area contributed by atoms with Crippen molar-refractivity contribution in [2.24, 2.45) is 0 Å². The molecule has 4 aromatic rings. The lowest BCUT2D eigenvalue weighted by molar-refractivity contribution is 0.102. The number of halogens is 1. The van der Waals surface area contributed by atoms with Crippen LogP contribution >= 0.6 is 0 Å². The van der Waals surface area contributed by atoms with Gasteiger partial charge >= 0.3 is 0 Å². The Balaban J connectivity index is 1.74. The van der Waals surface area contributed by atoms with Gasteiger partial charge in [-0.25, -0.2) is 4.39 Å². The van der Waals surface area contributed by atoms with E-state index in [1.165, 1.54) is 6.07 Å². The second-order valence-electron chi connectivity index (χ2n) is 5.69. The first-order valence-electron chi connectivity index (χ1n) is 7.55. The first-order valence-corrected chi connectivity index (χ1v) is 7.55. The molecule has 4 rings (SSSR count). The van der Waals surface area contributed by atoms with Gasteiger partial charge in [-0.2, -0.15) is 0 Å². The second kappa shape index (κ2) is 5.45. The maximum Gasteiger partial charge on any atom is 0.272 e. The lowest BCUT2D eigenvalue weighted by atomic mass is 10.1. The molecular weight excluding hydrogens is 305 g/mol. The zero-order valence-corrected chi connectivity index (χ0v) is 12.9. The Labute approximate surface area is 137 Å². The van der Waals surface area contributed by atoms with Crippen LogP contribution in [0.2, 0.25) is 0 Å². The van der Waals surface area contributed by atoms with Crippen molar-refractivity contribution in [1.29, 1.82) is 0 Å². The molecule has 0 aliphatic carbocycles. The van der Waals surface area contributed by atoms with Crippen molar-refractivity contribution >= 4 is 33.3 Å². The summed E-state index contributed by atoms with van der Waals surface area (Å²) in [6, 6.07) is 12.1. The number of benzene rings is 2. The van der Waals surface area contributed by atoms with Gasteiger partial charge in [-0.05, 0) is 36.8 Å². The van der Waals surface area contributed by atoms with Crippen molar-refractivity contribution in [3.63, 3.8) is 0 Å². The summed E-state index contributed by atoms with van der Waals surface area (Å²) < 4.78 is 13.9. The Kier molecular flexibility index (Phi) is 3.27. The molecule has 5 heteroatoms. The molecule has 0 saturated heterocycles. The number of hydrogen-bond acceptors (Lipinski definition) is 2. The summed E-state index contributed by atoms with van der Waals surface area (Å²) in [4.78, 5) is 19.7. The van der Waals surface area contributed by atoms with Crippen LogP contribution in [0, 0.1) is 12.7 Å². The van der Waals surface area contributed by atoms with Gasteiger partial charge in [-0.1, -0.05) is 18.2 Å². The van der Waals surface area contributed by atoms with E-state index in [-0.39, 0.29) is 11.7 Å². The normalized spacial score (nSPS) is 11.1. The minimum atomic E-state index is -0.345. The number of H-pyrrole nitrogens is 1. The van der Waals surface area contributed by atoms with Crippen LogP contribution in [0.15, 0.2) is 54.9 Å². The third-order valence-electron chi connectivity index (χ3n) is 4.12. The quantitative estimate of drug-likeness (QED) is 0.575. The zero-order valence-electron chi connectivity index (χ0n) is 12.9. The van der Waals surface area contributed by atoms with Gasteiger partial charge in [0.25, 0.3) is 5.91 Å². The molecular formula is C19H14FN3O. The number of nitrogens with one attached hydrogen (secondary N) is 2. The van der Waals surface area contributed by atoms with E-state index in [0.717, 1.165) is 16.3 Å². The lowest BCUT2D eigenvalue weighted by Crippen LogP contribution is -2.12. The van der Waals surface area contributed by atoms with E-state index >= 15 is 0 Å². The van der Waals surface area contributed by atoms with Crippen molar-refractivity contribution in [1.82, 2.24) is 9.97 Å². The van der Waals surface area contributed by atoms with E-state index in [1.54, 1.807) is 24.5 Å². The van der Waals surface area contributed by atoms with Gasteiger partial charge in [0.15, 0.2) is 0 Å². The van der Waals surface area contributed by atoms with Crippen molar-refractivity contribution in [3.05, 3.63) is 71.9 Å². The van der Waals surface area contributed by atoms with Crippen LogP contribution in [0.25, 0.3) is 21.7 Å². The first kappa shape index (κ1) is 14.4. The predicted molar refractivity (Wildman–Crippen MR) is 92.7 cm³/mol. The fraction of sp³-hybridized carbons (Fsp3) is 0.0526. The number of carbonyl (C=O) groups excluding carboxylic acids is 1. The number of carbonyl (C=O) groups is 1. The Hall–Kier alpha value is -3.21. The number of aromatic nitrogens is 2. The van der Waals surface area contributed by atoms with E-state index in [9.17, 15) is 9.18 Å². The van der Waals surface area contributed by atoms with Gasteiger partial charge in [0, 0.05) is 34.2 Å². The van der Waals surface area contributed by atoms with Gasteiger partial charge in [0.05, 0.1) is 5.52 Å². The molecule has 0 atom stereocenters. The van der Waals surface area contributed by atoms with Gasteiger partial charge < -0.3 is 10.3 Å². The van der Waals surface area contributed by atoms with Crippen molar-refractivity contribution < 1.29 is 9.18 Å². The monoisotopic (exact) mass is 319 g/mol. The van der Waals surface area contributed by atoms with Crippen LogP contribution in [0.4, 0.5) is 10.1 Å². The number of anilines is 1. The van der Waals surface area contributed by atoms with Gasteiger partial charge in [0.2, 0.25) is 0 Å². The maximum absolute atomic E-state index is 13.9. The Morgan fingerprint density at radius 2 is 2.04 bits per heavy atom. The molecule has 0 radical (unpaired) electrons. The molecule has 2 aromatic carbocycles. The molecule has 0 aliphatic rings. The highest BCUT2D eigenvalue weighted by Crippen LogP contribution is 2.25. The summed E-state index contributed by atoms with van der Waals surface area (Å²) in [5, 5.41) is 5.14. The molecule has 0 fully saturated rings. The molecule has 0 unspecified atom stereocenters. The Morgan fingerprint density at radius 1 is 1.17 bits per heavy atom. The largest absolute Gasteiger partial charge is 0.350 e.